The smallest absolute Gasteiger partial charge is 0.245 e. The maximum Gasteiger partial charge on any atom is 0.245 e. The average Bonchev–Trinajstić information content (AvgIpc) is 3.21. The zero-order valence-electron chi connectivity index (χ0n) is 17.3. The van der Waals surface area contributed by atoms with Crippen LogP contribution in [0.4, 0.5) is 5.13 Å². The molecule has 0 saturated carbocycles. The number of rotatable bonds is 4. The van der Waals surface area contributed by atoms with Crippen LogP contribution in [0.1, 0.15) is 12.8 Å². The van der Waals surface area contributed by atoms with Crippen LogP contribution in [-0.2, 0) is 4.79 Å². The van der Waals surface area contributed by atoms with Crippen LogP contribution in [0.3, 0.4) is 0 Å². The molecule has 3 heterocycles. The van der Waals surface area contributed by atoms with Gasteiger partial charge in [0, 0.05) is 45.2 Å². The number of benzene rings is 1. The summed E-state index contributed by atoms with van der Waals surface area (Å²) in [5.41, 5.74) is 5.34. The van der Waals surface area contributed by atoms with Gasteiger partial charge in [-0.1, -0.05) is 53.5 Å². The maximum absolute atomic E-state index is 13.1. The fraction of sp³-hybridized carbons (Fsp3) is 0.250. The molecule has 1 aromatic carbocycles. The van der Waals surface area contributed by atoms with Crippen LogP contribution >= 0.6 is 34.5 Å². The Hall–Kier alpha value is -2.38. The second-order valence-corrected chi connectivity index (χ2v) is 9.55. The van der Waals surface area contributed by atoms with E-state index in [2.05, 4.69) is 20.5 Å². The molecule has 0 bridgehead atoms. The van der Waals surface area contributed by atoms with Gasteiger partial charge in [0.2, 0.25) is 5.91 Å². The van der Waals surface area contributed by atoms with Crippen molar-refractivity contribution in [1.82, 2.24) is 15.2 Å². The average molecular weight is 485 g/mol. The quantitative estimate of drug-likeness (QED) is 0.621. The molecule has 1 atom stereocenters. The largest absolute Gasteiger partial charge is 0.355 e. The van der Waals surface area contributed by atoms with E-state index >= 15 is 0 Å². The lowest BCUT2D eigenvalue weighted by Gasteiger charge is -2.28. The molecule has 5 nitrogen and oxygen atoms in total. The van der Waals surface area contributed by atoms with Gasteiger partial charge in [0.05, 0.1) is 18.3 Å². The Morgan fingerprint density at radius 2 is 2.00 bits per heavy atom. The van der Waals surface area contributed by atoms with Crippen LogP contribution in [0.2, 0.25) is 0 Å². The molecule has 32 heavy (non-hydrogen) atoms. The molecule has 1 unspecified atom stereocenters. The molecule has 1 aliphatic carbocycles. The molecule has 0 radical (unpaired) electrons. The van der Waals surface area contributed by atoms with Crippen molar-refractivity contribution in [3.63, 3.8) is 0 Å². The summed E-state index contributed by atoms with van der Waals surface area (Å²) in [6.07, 6.45) is 7.36. The molecule has 3 aliphatic rings. The van der Waals surface area contributed by atoms with E-state index < -0.39 is 0 Å². The standard InChI is InChI=1S/C24H22Cl2N4OS/c25-16-6-7-18(26)23-17-8-10-27-11-9-20(17)30(21(23)12-16)13-22(31)29-24-28-19(14-32-24)15-4-2-1-3-5-15/h1-7,12,14,21,27H,8-11,13H2,(H,28,29,31). The highest BCUT2D eigenvalue weighted by Crippen LogP contribution is 2.43. The lowest BCUT2D eigenvalue weighted by molar-refractivity contribution is -0.117. The predicted octanol–water partition coefficient (Wildman–Crippen LogP) is 5.26. The summed E-state index contributed by atoms with van der Waals surface area (Å²) in [7, 11) is 0. The van der Waals surface area contributed by atoms with E-state index in [0.29, 0.717) is 15.2 Å². The Balaban J connectivity index is 1.38. The van der Waals surface area contributed by atoms with Gasteiger partial charge < -0.3 is 15.5 Å². The van der Waals surface area contributed by atoms with Gasteiger partial charge in [-0.15, -0.1) is 11.3 Å². The number of nitrogens with one attached hydrogen (secondary N) is 2. The first kappa shape index (κ1) is 21.5. The van der Waals surface area contributed by atoms with E-state index in [4.69, 9.17) is 23.2 Å². The van der Waals surface area contributed by atoms with Gasteiger partial charge in [-0.2, -0.15) is 0 Å². The van der Waals surface area contributed by atoms with Gasteiger partial charge in [-0.05, 0) is 36.8 Å². The third-order valence-corrected chi connectivity index (χ3v) is 7.18. The van der Waals surface area contributed by atoms with Crippen LogP contribution in [0, 0.1) is 0 Å². The van der Waals surface area contributed by atoms with Crippen molar-refractivity contribution in [1.29, 1.82) is 0 Å². The lowest BCUT2D eigenvalue weighted by Crippen LogP contribution is -2.37. The number of allylic oxidation sites excluding steroid dienone is 4. The van der Waals surface area contributed by atoms with Gasteiger partial charge in [0.15, 0.2) is 5.13 Å². The normalized spacial score (nSPS) is 20.5. The van der Waals surface area contributed by atoms with Crippen molar-refractivity contribution < 1.29 is 4.79 Å². The Labute approximate surface area is 201 Å². The Morgan fingerprint density at radius 1 is 1.19 bits per heavy atom. The highest BCUT2D eigenvalue weighted by molar-refractivity contribution is 7.14. The summed E-state index contributed by atoms with van der Waals surface area (Å²) < 4.78 is 0. The molecule has 1 amide bonds. The summed E-state index contributed by atoms with van der Waals surface area (Å²) >= 11 is 14.5. The van der Waals surface area contributed by atoms with E-state index in [0.717, 1.165) is 42.8 Å². The molecule has 2 aromatic rings. The zero-order valence-corrected chi connectivity index (χ0v) is 19.6. The first-order valence-corrected chi connectivity index (χ1v) is 12.2. The van der Waals surface area contributed by atoms with Crippen molar-refractivity contribution in [2.24, 2.45) is 0 Å². The lowest BCUT2D eigenvalue weighted by atomic mass is 9.98. The molecule has 2 N–H and O–H groups in total. The number of hydrogen-bond acceptors (Lipinski definition) is 5. The second kappa shape index (κ2) is 9.24. The van der Waals surface area contributed by atoms with E-state index in [9.17, 15) is 4.79 Å². The molecule has 0 fully saturated rings. The van der Waals surface area contributed by atoms with Gasteiger partial charge >= 0.3 is 0 Å². The van der Waals surface area contributed by atoms with Gasteiger partial charge in [0.1, 0.15) is 0 Å². The monoisotopic (exact) mass is 484 g/mol. The predicted molar refractivity (Wildman–Crippen MR) is 132 cm³/mol. The van der Waals surface area contributed by atoms with E-state index in [1.807, 2.05) is 53.9 Å². The third-order valence-electron chi connectivity index (χ3n) is 5.84. The topological polar surface area (TPSA) is 57.3 Å². The molecule has 164 valence electrons. The number of carbonyl (C=O) groups is 1. The van der Waals surface area contributed by atoms with Crippen molar-refractivity contribution in [3.05, 3.63) is 80.8 Å². The van der Waals surface area contributed by atoms with E-state index in [1.54, 1.807) is 0 Å². The first-order valence-electron chi connectivity index (χ1n) is 10.6. The Bertz CT molecular complexity index is 1170. The molecule has 0 saturated heterocycles. The summed E-state index contributed by atoms with van der Waals surface area (Å²) in [6.45, 7) is 1.97. The molecular weight excluding hydrogens is 463 g/mol. The number of nitrogens with zero attached hydrogens (tertiary/aromatic N) is 2. The summed E-state index contributed by atoms with van der Waals surface area (Å²) in [5, 5.41) is 10.3. The van der Waals surface area contributed by atoms with E-state index in [1.165, 1.54) is 22.6 Å². The summed E-state index contributed by atoms with van der Waals surface area (Å²) in [4.78, 5) is 19.8. The Morgan fingerprint density at radius 3 is 2.84 bits per heavy atom. The maximum atomic E-state index is 13.1. The van der Waals surface area contributed by atoms with Crippen molar-refractivity contribution in [3.8, 4) is 11.3 Å². The Kier molecular flexibility index (Phi) is 6.20. The summed E-state index contributed by atoms with van der Waals surface area (Å²) in [6, 6.07) is 9.79. The number of carbonyl (C=O) groups excluding carboxylic acids is 1. The number of halogens is 2. The van der Waals surface area contributed by atoms with Crippen LogP contribution in [0.15, 0.2) is 80.8 Å². The zero-order chi connectivity index (χ0) is 22.1. The first-order chi connectivity index (χ1) is 15.6. The highest BCUT2D eigenvalue weighted by atomic mass is 35.5. The van der Waals surface area contributed by atoms with Crippen molar-refractivity contribution >= 4 is 45.6 Å². The number of anilines is 1. The molecule has 2 aliphatic heterocycles. The van der Waals surface area contributed by atoms with Crippen LogP contribution in [0.25, 0.3) is 11.3 Å². The van der Waals surface area contributed by atoms with Crippen molar-refractivity contribution in [2.75, 3.05) is 25.0 Å². The fourth-order valence-corrected chi connectivity index (χ4v) is 5.64. The molecule has 5 rings (SSSR count). The number of fused-ring (bicyclic) bond motifs is 2. The highest BCUT2D eigenvalue weighted by Gasteiger charge is 2.38. The minimum absolute atomic E-state index is 0.109. The van der Waals surface area contributed by atoms with Gasteiger partial charge in [0.25, 0.3) is 0 Å². The SMILES string of the molecule is O=C(CN1C2=C(CCNCC2)C2=C(Cl)C=CC(Cl)=CC21)Nc1nc(-c2ccccc2)cs1. The van der Waals surface area contributed by atoms with Crippen LogP contribution in [-0.4, -0.2) is 41.5 Å². The van der Waals surface area contributed by atoms with Crippen molar-refractivity contribution in [2.45, 2.75) is 18.9 Å². The van der Waals surface area contributed by atoms with Gasteiger partial charge in [-0.25, -0.2) is 4.98 Å². The number of aromatic nitrogens is 1. The van der Waals surface area contributed by atoms with Crippen LogP contribution in [0.5, 0.6) is 0 Å². The number of hydrogen-bond donors (Lipinski definition) is 2. The molecular formula is C24H22Cl2N4OS. The fourth-order valence-electron chi connectivity index (χ4n) is 4.44. The third kappa shape index (κ3) is 4.28. The summed E-state index contributed by atoms with van der Waals surface area (Å²) in [5.74, 6) is -0.109. The van der Waals surface area contributed by atoms with Crippen LogP contribution < -0.4 is 10.6 Å². The van der Waals surface area contributed by atoms with E-state index in [-0.39, 0.29) is 18.5 Å². The van der Waals surface area contributed by atoms with Gasteiger partial charge in [-0.3, -0.25) is 4.79 Å². The molecule has 0 spiro atoms. The second-order valence-electron chi connectivity index (χ2n) is 7.85. The number of amides is 1. The number of thiazole rings is 1. The molecule has 1 aromatic heterocycles. The molecule has 8 heteroatoms. The minimum atomic E-state index is -0.143. The minimum Gasteiger partial charge on any atom is -0.355 e.